The molecule has 1 saturated heterocycles. The number of hydrogen-bond donors (Lipinski definition) is 1. The SMILES string of the molecule is O=C(COc1ccccc1C(=O)N1CCOCC1)Nc1cc(F)cc(F)c1. The van der Waals surface area contributed by atoms with E-state index in [-0.39, 0.29) is 17.3 Å². The third kappa shape index (κ3) is 5.01. The molecule has 0 radical (unpaired) electrons. The second-order valence-electron chi connectivity index (χ2n) is 5.90. The Bertz CT molecular complexity index is 818. The maximum absolute atomic E-state index is 13.2. The van der Waals surface area contributed by atoms with Gasteiger partial charge in [0, 0.05) is 24.8 Å². The molecule has 0 saturated carbocycles. The Morgan fingerprint density at radius 1 is 1.07 bits per heavy atom. The Hall–Kier alpha value is -3.00. The molecule has 1 fully saturated rings. The summed E-state index contributed by atoms with van der Waals surface area (Å²) in [7, 11) is 0. The van der Waals surface area contributed by atoms with Crippen LogP contribution in [0.2, 0.25) is 0 Å². The van der Waals surface area contributed by atoms with Crippen molar-refractivity contribution in [2.24, 2.45) is 0 Å². The number of anilines is 1. The van der Waals surface area contributed by atoms with Crippen LogP contribution in [0, 0.1) is 11.6 Å². The minimum atomic E-state index is -0.798. The average Bonchev–Trinajstić information content (AvgIpc) is 2.66. The number of carbonyl (C=O) groups is 2. The van der Waals surface area contributed by atoms with Crippen molar-refractivity contribution >= 4 is 17.5 Å². The Balaban J connectivity index is 1.63. The number of carbonyl (C=O) groups excluding carboxylic acids is 2. The smallest absolute Gasteiger partial charge is 0.262 e. The van der Waals surface area contributed by atoms with E-state index in [0.717, 1.165) is 12.1 Å². The standard InChI is InChI=1S/C19H18F2N2O4/c20-13-9-14(21)11-15(10-13)22-18(24)12-27-17-4-2-1-3-16(17)19(25)23-5-7-26-8-6-23/h1-4,9-11H,5-8,12H2,(H,22,24). The van der Waals surface area contributed by atoms with E-state index in [9.17, 15) is 18.4 Å². The van der Waals surface area contributed by atoms with E-state index >= 15 is 0 Å². The molecule has 8 heteroatoms. The molecule has 6 nitrogen and oxygen atoms in total. The number of halogens is 2. The summed E-state index contributed by atoms with van der Waals surface area (Å²) in [4.78, 5) is 26.3. The molecule has 0 unspecified atom stereocenters. The van der Waals surface area contributed by atoms with Gasteiger partial charge in [-0.25, -0.2) is 8.78 Å². The van der Waals surface area contributed by atoms with Crippen molar-refractivity contribution in [3.8, 4) is 5.75 Å². The highest BCUT2D eigenvalue weighted by molar-refractivity contribution is 5.97. The topological polar surface area (TPSA) is 67.9 Å². The van der Waals surface area contributed by atoms with Crippen molar-refractivity contribution in [1.82, 2.24) is 4.90 Å². The average molecular weight is 376 g/mol. The maximum atomic E-state index is 13.2. The Kier molecular flexibility index (Phi) is 5.97. The highest BCUT2D eigenvalue weighted by Gasteiger charge is 2.21. The lowest BCUT2D eigenvalue weighted by Gasteiger charge is -2.27. The lowest BCUT2D eigenvalue weighted by atomic mass is 10.1. The van der Waals surface area contributed by atoms with Crippen LogP contribution in [-0.4, -0.2) is 49.6 Å². The second-order valence-corrected chi connectivity index (χ2v) is 5.90. The minimum Gasteiger partial charge on any atom is -0.483 e. The summed E-state index contributed by atoms with van der Waals surface area (Å²) in [5, 5.41) is 2.35. The third-order valence-electron chi connectivity index (χ3n) is 3.92. The maximum Gasteiger partial charge on any atom is 0.262 e. The van der Waals surface area contributed by atoms with Crippen molar-refractivity contribution in [3.63, 3.8) is 0 Å². The molecule has 2 amide bonds. The zero-order valence-electron chi connectivity index (χ0n) is 14.4. The second kappa shape index (κ2) is 8.59. The number of morpholine rings is 1. The molecule has 27 heavy (non-hydrogen) atoms. The molecule has 142 valence electrons. The van der Waals surface area contributed by atoms with Gasteiger partial charge in [0.25, 0.3) is 11.8 Å². The first-order valence-corrected chi connectivity index (χ1v) is 8.38. The van der Waals surface area contributed by atoms with Gasteiger partial charge in [0.15, 0.2) is 6.61 Å². The molecule has 0 aliphatic carbocycles. The normalized spacial score (nSPS) is 13.9. The number of hydrogen-bond acceptors (Lipinski definition) is 4. The van der Waals surface area contributed by atoms with Gasteiger partial charge in [-0.05, 0) is 24.3 Å². The highest BCUT2D eigenvalue weighted by Crippen LogP contribution is 2.21. The van der Waals surface area contributed by atoms with Crippen LogP contribution in [0.25, 0.3) is 0 Å². The Labute approximate surface area is 154 Å². The first-order chi connectivity index (χ1) is 13.0. The molecule has 0 bridgehead atoms. The summed E-state index contributed by atoms with van der Waals surface area (Å²) in [6.45, 7) is 1.51. The summed E-state index contributed by atoms with van der Waals surface area (Å²) in [6.07, 6.45) is 0. The Morgan fingerprint density at radius 2 is 1.74 bits per heavy atom. The fourth-order valence-corrected chi connectivity index (χ4v) is 2.67. The zero-order chi connectivity index (χ0) is 19.2. The zero-order valence-corrected chi connectivity index (χ0v) is 14.4. The molecule has 3 rings (SSSR count). The monoisotopic (exact) mass is 376 g/mol. The van der Waals surface area contributed by atoms with E-state index in [1.807, 2.05) is 0 Å². The lowest BCUT2D eigenvalue weighted by Crippen LogP contribution is -2.40. The van der Waals surface area contributed by atoms with Crippen molar-refractivity contribution < 1.29 is 27.8 Å². The van der Waals surface area contributed by atoms with Crippen molar-refractivity contribution in [1.29, 1.82) is 0 Å². The number of ether oxygens (including phenoxy) is 2. The lowest BCUT2D eigenvalue weighted by molar-refractivity contribution is -0.118. The van der Waals surface area contributed by atoms with Gasteiger partial charge < -0.3 is 19.7 Å². The molecule has 0 aromatic heterocycles. The van der Waals surface area contributed by atoms with E-state index in [0.29, 0.717) is 37.9 Å². The summed E-state index contributed by atoms with van der Waals surface area (Å²) in [5.74, 6) is -2.15. The van der Waals surface area contributed by atoms with Crippen LogP contribution < -0.4 is 10.1 Å². The predicted molar refractivity (Wildman–Crippen MR) is 93.6 cm³/mol. The number of rotatable bonds is 5. The number of nitrogens with one attached hydrogen (secondary N) is 1. The van der Waals surface area contributed by atoms with Gasteiger partial charge in [-0.1, -0.05) is 12.1 Å². The number of amides is 2. The number of para-hydroxylation sites is 1. The van der Waals surface area contributed by atoms with E-state index in [2.05, 4.69) is 5.32 Å². The van der Waals surface area contributed by atoms with Gasteiger partial charge in [-0.15, -0.1) is 0 Å². The molecule has 1 N–H and O–H groups in total. The van der Waals surface area contributed by atoms with Crippen LogP contribution in [0.3, 0.4) is 0 Å². The van der Waals surface area contributed by atoms with E-state index in [1.165, 1.54) is 0 Å². The minimum absolute atomic E-state index is 0.0150. The van der Waals surface area contributed by atoms with E-state index in [4.69, 9.17) is 9.47 Å². The molecule has 1 aliphatic rings. The van der Waals surface area contributed by atoms with Crippen molar-refractivity contribution in [2.45, 2.75) is 0 Å². The van der Waals surface area contributed by atoms with Gasteiger partial charge in [-0.3, -0.25) is 9.59 Å². The van der Waals surface area contributed by atoms with Crippen LogP contribution in [0.1, 0.15) is 10.4 Å². The fourth-order valence-electron chi connectivity index (χ4n) is 2.67. The molecule has 1 aliphatic heterocycles. The fraction of sp³-hybridized carbons (Fsp3) is 0.263. The predicted octanol–water partition coefficient (Wildman–Crippen LogP) is 2.45. The molecular formula is C19H18F2N2O4. The van der Waals surface area contributed by atoms with Gasteiger partial charge in [0.1, 0.15) is 17.4 Å². The van der Waals surface area contributed by atoms with E-state index in [1.54, 1.807) is 29.2 Å². The summed E-state index contributed by atoms with van der Waals surface area (Å²) in [6, 6.07) is 9.30. The van der Waals surface area contributed by atoms with Crippen LogP contribution in [0.5, 0.6) is 5.75 Å². The number of nitrogens with zero attached hydrogens (tertiary/aromatic N) is 1. The molecular weight excluding hydrogens is 358 g/mol. The molecule has 0 spiro atoms. The Morgan fingerprint density at radius 3 is 2.44 bits per heavy atom. The molecule has 0 atom stereocenters. The largest absolute Gasteiger partial charge is 0.483 e. The van der Waals surface area contributed by atoms with Gasteiger partial charge >= 0.3 is 0 Å². The molecule has 2 aromatic carbocycles. The van der Waals surface area contributed by atoms with Crippen LogP contribution in [0.15, 0.2) is 42.5 Å². The molecule has 2 aromatic rings. The first kappa shape index (κ1) is 18.8. The first-order valence-electron chi connectivity index (χ1n) is 8.38. The quantitative estimate of drug-likeness (QED) is 0.871. The molecule has 1 heterocycles. The number of benzene rings is 2. The third-order valence-corrected chi connectivity index (χ3v) is 3.92. The van der Waals surface area contributed by atoms with Gasteiger partial charge in [0.2, 0.25) is 0 Å². The summed E-state index contributed by atoms with van der Waals surface area (Å²) >= 11 is 0. The van der Waals surface area contributed by atoms with Gasteiger partial charge in [0.05, 0.1) is 18.8 Å². The van der Waals surface area contributed by atoms with Crippen LogP contribution in [-0.2, 0) is 9.53 Å². The highest BCUT2D eigenvalue weighted by atomic mass is 19.1. The van der Waals surface area contributed by atoms with Crippen LogP contribution in [0.4, 0.5) is 14.5 Å². The van der Waals surface area contributed by atoms with E-state index < -0.39 is 24.1 Å². The van der Waals surface area contributed by atoms with Gasteiger partial charge in [-0.2, -0.15) is 0 Å². The summed E-state index contributed by atoms with van der Waals surface area (Å²) < 4.78 is 37.1. The summed E-state index contributed by atoms with van der Waals surface area (Å²) in [5.41, 5.74) is 0.322. The van der Waals surface area contributed by atoms with Crippen molar-refractivity contribution in [2.75, 3.05) is 38.2 Å². The van der Waals surface area contributed by atoms with Crippen LogP contribution >= 0.6 is 0 Å². The van der Waals surface area contributed by atoms with Crippen molar-refractivity contribution in [3.05, 3.63) is 59.7 Å².